The van der Waals surface area contributed by atoms with Crippen LogP contribution in [0.5, 0.6) is 0 Å². The van der Waals surface area contributed by atoms with Crippen LogP contribution in [0.25, 0.3) is 0 Å². The molecule has 0 aliphatic carbocycles. The number of hydrogen-bond acceptors (Lipinski definition) is 3. The predicted molar refractivity (Wildman–Crippen MR) is 80.6 cm³/mol. The van der Waals surface area contributed by atoms with Crippen molar-refractivity contribution < 1.29 is 4.74 Å². The highest BCUT2D eigenvalue weighted by molar-refractivity contribution is 4.90. The van der Waals surface area contributed by atoms with Gasteiger partial charge in [0.05, 0.1) is 13.2 Å². The summed E-state index contributed by atoms with van der Waals surface area (Å²) in [7, 11) is 0. The first kappa shape index (κ1) is 15.3. The predicted octanol–water partition coefficient (Wildman–Crippen LogP) is 2.75. The summed E-state index contributed by atoms with van der Waals surface area (Å²) >= 11 is 0. The van der Waals surface area contributed by atoms with Gasteiger partial charge in [0.1, 0.15) is 0 Å². The number of nitrogens with zero attached hydrogens (tertiary/aromatic N) is 2. The topological polar surface area (TPSA) is 15.7 Å². The second-order valence-electron chi connectivity index (χ2n) is 7.42. The Morgan fingerprint density at radius 1 is 0.737 bits per heavy atom. The lowest BCUT2D eigenvalue weighted by molar-refractivity contribution is -0.0181. The Morgan fingerprint density at radius 3 is 1.63 bits per heavy atom. The summed E-state index contributed by atoms with van der Waals surface area (Å²) in [5.41, 5.74) is 0.667. The molecular weight excluding hydrogens is 236 g/mol. The van der Waals surface area contributed by atoms with Crippen LogP contribution in [0.3, 0.4) is 0 Å². The van der Waals surface area contributed by atoms with Gasteiger partial charge in [-0.1, -0.05) is 0 Å². The van der Waals surface area contributed by atoms with Gasteiger partial charge in [0.25, 0.3) is 0 Å². The van der Waals surface area contributed by atoms with Crippen LogP contribution in [0.15, 0.2) is 0 Å². The quantitative estimate of drug-likeness (QED) is 0.762. The van der Waals surface area contributed by atoms with Crippen molar-refractivity contribution in [3.05, 3.63) is 0 Å². The summed E-state index contributed by atoms with van der Waals surface area (Å²) in [5.74, 6) is 0. The second kappa shape index (κ2) is 6.11. The zero-order chi connectivity index (χ0) is 13.9. The third kappa shape index (κ3) is 3.93. The monoisotopic (exact) mass is 268 g/mol. The van der Waals surface area contributed by atoms with E-state index in [4.69, 9.17) is 4.74 Å². The highest BCUT2D eigenvalue weighted by Crippen LogP contribution is 2.30. The van der Waals surface area contributed by atoms with E-state index >= 15 is 0 Å². The molecule has 0 unspecified atom stereocenters. The van der Waals surface area contributed by atoms with Crippen LogP contribution in [-0.2, 0) is 4.74 Å². The second-order valence-corrected chi connectivity index (χ2v) is 7.42. The van der Waals surface area contributed by atoms with Crippen molar-refractivity contribution in [1.29, 1.82) is 0 Å². The highest BCUT2D eigenvalue weighted by atomic mass is 16.5. The average molecular weight is 268 g/mol. The Labute approximate surface area is 119 Å². The zero-order valence-electron chi connectivity index (χ0n) is 13.4. The Hall–Kier alpha value is -0.120. The van der Waals surface area contributed by atoms with Gasteiger partial charge in [-0.25, -0.2) is 0 Å². The summed E-state index contributed by atoms with van der Waals surface area (Å²) in [6, 6.07) is 0. The van der Waals surface area contributed by atoms with Crippen LogP contribution in [-0.4, -0.2) is 60.3 Å². The molecule has 0 bridgehead atoms. The van der Waals surface area contributed by atoms with Gasteiger partial charge >= 0.3 is 0 Å². The highest BCUT2D eigenvalue weighted by Gasteiger charge is 2.33. The lowest BCUT2D eigenvalue weighted by Crippen LogP contribution is -2.51. The number of morpholine rings is 1. The van der Waals surface area contributed by atoms with Crippen LogP contribution in [0.4, 0.5) is 0 Å². The van der Waals surface area contributed by atoms with Crippen molar-refractivity contribution in [2.45, 2.75) is 64.5 Å². The summed E-state index contributed by atoms with van der Waals surface area (Å²) in [6.45, 7) is 16.2. The van der Waals surface area contributed by atoms with Crippen molar-refractivity contribution in [2.75, 3.05) is 39.4 Å². The molecule has 0 aromatic heterocycles. The Bertz CT molecular complexity index is 276. The molecule has 0 N–H and O–H groups in total. The fraction of sp³-hybridized carbons (Fsp3) is 1.00. The van der Waals surface area contributed by atoms with E-state index in [9.17, 15) is 0 Å². The van der Waals surface area contributed by atoms with Crippen molar-refractivity contribution in [1.82, 2.24) is 9.80 Å². The largest absolute Gasteiger partial charge is 0.379 e. The van der Waals surface area contributed by atoms with E-state index in [-0.39, 0.29) is 0 Å². The maximum atomic E-state index is 5.47. The SMILES string of the molecule is CC(C)(CCC(C)(C)N1CCOCC1)N1CCCC1. The molecule has 2 heterocycles. The van der Waals surface area contributed by atoms with Crippen molar-refractivity contribution in [3.63, 3.8) is 0 Å². The molecule has 2 aliphatic heterocycles. The third-order valence-corrected chi connectivity index (χ3v) is 5.18. The van der Waals surface area contributed by atoms with E-state index in [1.54, 1.807) is 0 Å². The molecule has 0 radical (unpaired) electrons. The molecule has 0 aromatic carbocycles. The lowest BCUT2D eigenvalue weighted by Gasteiger charge is -2.44. The van der Waals surface area contributed by atoms with E-state index < -0.39 is 0 Å². The molecule has 3 nitrogen and oxygen atoms in total. The third-order valence-electron chi connectivity index (χ3n) is 5.18. The van der Waals surface area contributed by atoms with E-state index in [2.05, 4.69) is 37.5 Å². The van der Waals surface area contributed by atoms with Crippen LogP contribution in [0, 0.1) is 0 Å². The van der Waals surface area contributed by atoms with Crippen molar-refractivity contribution in [3.8, 4) is 0 Å². The minimum Gasteiger partial charge on any atom is -0.379 e. The first-order valence-corrected chi connectivity index (χ1v) is 8.00. The Kier molecular flexibility index (Phi) is 4.91. The number of likely N-dealkylation sites (tertiary alicyclic amines) is 1. The summed E-state index contributed by atoms with van der Waals surface area (Å²) in [4.78, 5) is 5.29. The minimum absolute atomic E-state index is 0.306. The zero-order valence-corrected chi connectivity index (χ0v) is 13.4. The Morgan fingerprint density at radius 2 is 1.16 bits per heavy atom. The summed E-state index contributed by atoms with van der Waals surface area (Å²) in [6.07, 6.45) is 5.33. The molecule has 0 atom stereocenters. The lowest BCUT2D eigenvalue weighted by atomic mass is 9.87. The van der Waals surface area contributed by atoms with Crippen LogP contribution in [0.2, 0.25) is 0 Å². The number of hydrogen-bond donors (Lipinski definition) is 0. The molecule has 0 amide bonds. The number of rotatable bonds is 5. The Balaban J connectivity index is 1.85. The fourth-order valence-corrected chi connectivity index (χ4v) is 3.42. The van der Waals surface area contributed by atoms with Crippen LogP contribution >= 0.6 is 0 Å². The van der Waals surface area contributed by atoms with Crippen LogP contribution in [0.1, 0.15) is 53.4 Å². The van der Waals surface area contributed by atoms with Gasteiger partial charge in [-0.3, -0.25) is 9.80 Å². The normalized spacial score (nSPS) is 24.0. The molecule has 0 aromatic rings. The molecule has 3 heteroatoms. The van der Waals surface area contributed by atoms with Gasteiger partial charge in [0.15, 0.2) is 0 Å². The van der Waals surface area contributed by atoms with Gasteiger partial charge in [-0.15, -0.1) is 0 Å². The van der Waals surface area contributed by atoms with Gasteiger partial charge in [-0.05, 0) is 66.5 Å². The molecule has 2 rings (SSSR count). The van der Waals surface area contributed by atoms with Crippen molar-refractivity contribution >= 4 is 0 Å². The van der Waals surface area contributed by atoms with E-state index in [1.165, 1.54) is 38.8 Å². The van der Waals surface area contributed by atoms with Gasteiger partial charge in [0.2, 0.25) is 0 Å². The van der Waals surface area contributed by atoms with Gasteiger partial charge in [0, 0.05) is 24.2 Å². The molecule has 112 valence electrons. The molecule has 0 saturated carbocycles. The summed E-state index contributed by atoms with van der Waals surface area (Å²) < 4.78 is 5.47. The van der Waals surface area contributed by atoms with Crippen molar-refractivity contribution in [2.24, 2.45) is 0 Å². The van der Waals surface area contributed by atoms with E-state index in [1.807, 2.05) is 0 Å². The van der Waals surface area contributed by atoms with Gasteiger partial charge < -0.3 is 4.74 Å². The fourth-order valence-electron chi connectivity index (χ4n) is 3.42. The van der Waals surface area contributed by atoms with Crippen LogP contribution < -0.4 is 0 Å². The molecule has 2 aliphatic rings. The molecule has 19 heavy (non-hydrogen) atoms. The van der Waals surface area contributed by atoms with E-state index in [0.29, 0.717) is 11.1 Å². The average Bonchev–Trinajstić information content (AvgIpc) is 2.93. The standard InChI is InChI=1S/C16H32N2O/c1-15(2,17-9-5-6-10-17)7-8-16(3,4)18-11-13-19-14-12-18/h5-14H2,1-4H3. The minimum atomic E-state index is 0.306. The molecule has 2 fully saturated rings. The first-order valence-electron chi connectivity index (χ1n) is 8.00. The van der Waals surface area contributed by atoms with E-state index in [0.717, 1.165) is 26.3 Å². The smallest absolute Gasteiger partial charge is 0.0594 e. The maximum Gasteiger partial charge on any atom is 0.0594 e. The maximum absolute atomic E-state index is 5.47. The first-order chi connectivity index (χ1) is 8.92. The van der Waals surface area contributed by atoms with Gasteiger partial charge in [-0.2, -0.15) is 0 Å². The molecule has 0 spiro atoms. The summed E-state index contributed by atoms with van der Waals surface area (Å²) in [5, 5.41) is 0. The molecule has 2 saturated heterocycles. The molecular formula is C16H32N2O. The number of ether oxygens (including phenoxy) is 1.